The number of fused-ring (bicyclic) bond motifs is 1. The molecule has 7 heteroatoms. The molecule has 0 spiro atoms. The summed E-state index contributed by atoms with van der Waals surface area (Å²) in [4.78, 5) is 30.6. The first-order valence-electron chi connectivity index (χ1n) is 10.9. The summed E-state index contributed by atoms with van der Waals surface area (Å²) in [6.45, 7) is 4.99. The third kappa shape index (κ3) is 4.93. The molecule has 32 heavy (non-hydrogen) atoms. The highest BCUT2D eigenvalue weighted by molar-refractivity contribution is 8.00. The highest BCUT2D eigenvalue weighted by Gasteiger charge is 2.28. The standard InChI is InChI=1S/C25H29N3O3S/c1-16(32-21-7-4-19(5-8-21)27-17(2)29)25(30)28-12-10-18(11-13-28)23-15-26-24-9-6-20(31-3)14-22(23)24/h4-9,14-16,18,26H,10-13H2,1-3H3,(H,27,29). The number of benzene rings is 2. The van der Waals surface area contributed by atoms with Crippen LogP contribution in [0.4, 0.5) is 5.69 Å². The summed E-state index contributed by atoms with van der Waals surface area (Å²) in [6, 6.07) is 13.7. The fraction of sp³-hybridized carbons (Fsp3) is 0.360. The zero-order valence-corrected chi connectivity index (χ0v) is 19.5. The molecule has 4 rings (SSSR count). The maximum atomic E-state index is 13.0. The first-order valence-corrected chi connectivity index (χ1v) is 11.8. The average molecular weight is 452 g/mol. The number of ether oxygens (including phenoxy) is 1. The Bertz CT molecular complexity index is 1100. The number of piperidine rings is 1. The van der Waals surface area contributed by atoms with Crippen molar-refractivity contribution in [1.82, 2.24) is 9.88 Å². The molecular weight excluding hydrogens is 422 g/mol. The highest BCUT2D eigenvalue weighted by atomic mass is 32.2. The number of nitrogens with one attached hydrogen (secondary N) is 2. The van der Waals surface area contributed by atoms with E-state index in [4.69, 9.17) is 4.74 Å². The highest BCUT2D eigenvalue weighted by Crippen LogP contribution is 2.35. The van der Waals surface area contributed by atoms with Crippen molar-refractivity contribution in [2.45, 2.75) is 42.8 Å². The van der Waals surface area contributed by atoms with Crippen LogP contribution in [0.3, 0.4) is 0 Å². The predicted molar refractivity (Wildman–Crippen MR) is 129 cm³/mol. The fourth-order valence-electron chi connectivity index (χ4n) is 4.33. The molecule has 2 N–H and O–H groups in total. The predicted octanol–water partition coefficient (Wildman–Crippen LogP) is 5.02. The van der Waals surface area contributed by atoms with Crippen LogP contribution in [0.25, 0.3) is 10.9 Å². The number of carbonyl (C=O) groups excluding carboxylic acids is 2. The Balaban J connectivity index is 1.34. The Labute approximate surface area is 192 Å². The van der Waals surface area contributed by atoms with Crippen LogP contribution in [0.1, 0.15) is 38.2 Å². The second-order valence-electron chi connectivity index (χ2n) is 8.22. The first kappa shape index (κ1) is 22.3. The van der Waals surface area contributed by atoms with Crippen molar-refractivity contribution in [3.63, 3.8) is 0 Å². The smallest absolute Gasteiger partial charge is 0.235 e. The number of amides is 2. The lowest BCUT2D eigenvalue weighted by Gasteiger charge is -2.33. The number of rotatable bonds is 6. The van der Waals surface area contributed by atoms with Gasteiger partial charge in [-0.15, -0.1) is 11.8 Å². The van der Waals surface area contributed by atoms with E-state index in [2.05, 4.69) is 28.6 Å². The van der Waals surface area contributed by atoms with E-state index in [1.807, 2.05) is 42.2 Å². The molecule has 0 aliphatic carbocycles. The van der Waals surface area contributed by atoms with Gasteiger partial charge in [-0.25, -0.2) is 0 Å². The molecule has 1 unspecified atom stereocenters. The lowest BCUT2D eigenvalue weighted by molar-refractivity contribution is -0.131. The number of aromatic nitrogens is 1. The van der Waals surface area contributed by atoms with Gasteiger partial charge in [0.1, 0.15) is 5.75 Å². The fourth-order valence-corrected chi connectivity index (χ4v) is 5.28. The molecule has 3 aromatic rings. The number of nitrogens with zero attached hydrogens (tertiary/aromatic N) is 1. The molecule has 0 radical (unpaired) electrons. The second kappa shape index (κ2) is 9.69. The van der Waals surface area contributed by atoms with Crippen molar-refractivity contribution >= 4 is 40.2 Å². The summed E-state index contributed by atoms with van der Waals surface area (Å²) in [5.41, 5.74) is 3.19. The quantitative estimate of drug-likeness (QED) is 0.516. The number of thioether (sulfide) groups is 1. The molecule has 1 atom stereocenters. The molecule has 6 nitrogen and oxygen atoms in total. The lowest BCUT2D eigenvalue weighted by atomic mass is 9.89. The van der Waals surface area contributed by atoms with Gasteiger partial charge >= 0.3 is 0 Å². The zero-order chi connectivity index (χ0) is 22.7. The van der Waals surface area contributed by atoms with E-state index in [9.17, 15) is 9.59 Å². The second-order valence-corrected chi connectivity index (χ2v) is 9.63. The lowest BCUT2D eigenvalue weighted by Crippen LogP contribution is -2.41. The minimum absolute atomic E-state index is 0.0934. The molecule has 0 saturated carbocycles. The summed E-state index contributed by atoms with van der Waals surface area (Å²) in [5, 5.41) is 3.81. The van der Waals surface area contributed by atoms with Gasteiger partial charge in [0.05, 0.1) is 12.4 Å². The number of aromatic amines is 1. The summed E-state index contributed by atoms with van der Waals surface area (Å²) >= 11 is 1.55. The summed E-state index contributed by atoms with van der Waals surface area (Å²) < 4.78 is 5.39. The van der Waals surface area contributed by atoms with Gasteiger partial charge in [0, 0.05) is 47.7 Å². The molecule has 2 heterocycles. The maximum Gasteiger partial charge on any atom is 0.235 e. The van der Waals surface area contributed by atoms with Crippen molar-refractivity contribution in [2.75, 3.05) is 25.5 Å². The molecule has 2 amide bonds. The van der Waals surface area contributed by atoms with E-state index < -0.39 is 0 Å². The number of hydrogen-bond donors (Lipinski definition) is 2. The van der Waals surface area contributed by atoms with E-state index in [1.54, 1.807) is 18.9 Å². The van der Waals surface area contributed by atoms with Crippen LogP contribution in [0.15, 0.2) is 53.6 Å². The topological polar surface area (TPSA) is 74.4 Å². The number of H-pyrrole nitrogens is 1. The van der Waals surface area contributed by atoms with Gasteiger partial charge in [-0.2, -0.15) is 0 Å². The Hall–Kier alpha value is -2.93. The van der Waals surface area contributed by atoms with Crippen LogP contribution >= 0.6 is 11.8 Å². The molecular formula is C25H29N3O3S. The molecule has 2 aromatic carbocycles. The van der Waals surface area contributed by atoms with Gasteiger partial charge in [-0.3, -0.25) is 9.59 Å². The summed E-state index contributed by atoms with van der Waals surface area (Å²) in [7, 11) is 1.69. The van der Waals surface area contributed by atoms with Crippen LogP contribution < -0.4 is 10.1 Å². The van der Waals surface area contributed by atoms with Gasteiger partial charge in [-0.1, -0.05) is 0 Å². The summed E-state index contributed by atoms with van der Waals surface area (Å²) in [6.07, 6.45) is 4.02. The number of carbonyl (C=O) groups is 2. The number of anilines is 1. The van der Waals surface area contributed by atoms with Crippen molar-refractivity contribution in [3.8, 4) is 5.75 Å². The van der Waals surface area contributed by atoms with Crippen molar-refractivity contribution in [2.24, 2.45) is 0 Å². The Morgan fingerprint density at radius 3 is 2.53 bits per heavy atom. The Kier molecular flexibility index (Phi) is 6.74. The van der Waals surface area contributed by atoms with Crippen LogP contribution in [0.2, 0.25) is 0 Å². The van der Waals surface area contributed by atoms with Gasteiger partial charge < -0.3 is 19.9 Å². The van der Waals surface area contributed by atoms with E-state index >= 15 is 0 Å². The van der Waals surface area contributed by atoms with Crippen LogP contribution in [0, 0.1) is 0 Å². The minimum atomic E-state index is -0.157. The van der Waals surface area contributed by atoms with Crippen molar-refractivity contribution < 1.29 is 14.3 Å². The van der Waals surface area contributed by atoms with Crippen LogP contribution in [-0.4, -0.2) is 47.1 Å². The maximum absolute atomic E-state index is 13.0. The average Bonchev–Trinajstić information content (AvgIpc) is 3.22. The van der Waals surface area contributed by atoms with Crippen molar-refractivity contribution in [1.29, 1.82) is 0 Å². The van der Waals surface area contributed by atoms with Gasteiger partial charge in [-0.05, 0) is 73.7 Å². The summed E-state index contributed by atoms with van der Waals surface area (Å²) in [5.74, 6) is 1.38. The van der Waals surface area contributed by atoms with Crippen LogP contribution in [0.5, 0.6) is 5.75 Å². The Morgan fingerprint density at radius 2 is 1.88 bits per heavy atom. The number of methoxy groups -OCH3 is 1. The Morgan fingerprint density at radius 1 is 1.16 bits per heavy atom. The molecule has 1 aliphatic rings. The van der Waals surface area contributed by atoms with Gasteiger partial charge in [0.2, 0.25) is 11.8 Å². The van der Waals surface area contributed by atoms with E-state index in [-0.39, 0.29) is 17.1 Å². The zero-order valence-electron chi connectivity index (χ0n) is 18.7. The largest absolute Gasteiger partial charge is 0.497 e. The molecule has 1 fully saturated rings. The number of hydrogen-bond acceptors (Lipinski definition) is 4. The molecule has 1 saturated heterocycles. The first-order chi connectivity index (χ1) is 15.4. The third-order valence-electron chi connectivity index (χ3n) is 6.00. The molecule has 1 aliphatic heterocycles. The normalized spacial score (nSPS) is 15.5. The van der Waals surface area contributed by atoms with E-state index in [1.165, 1.54) is 17.9 Å². The van der Waals surface area contributed by atoms with E-state index in [0.717, 1.165) is 47.8 Å². The SMILES string of the molecule is COc1ccc2[nH]cc(C3CCN(C(=O)C(C)Sc4ccc(NC(C)=O)cc4)CC3)c2c1. The third-order valence-corrected chi connectivity index (χ3v) is 7.10. The monoisotopic (exact) mass is 451 g/mol. The number of likely N-dealkylation sites (tertiary alicyclic amines) is 1. The molecule has 1 aromatic heterocycles. The molecule has 0 bridgehead atoms. The molecule has 168 valence electrons. The van der Waals surface area contributed by atoms with E-state index in [0.29, 0.717) is 5.92 Å². The van der Waals surface area contributed by atoms with Gasteiger partial charge in [0.25, 0.3) is 0 Å². The van der Waals surface area contributed by atoms with Crippen LogP contribution in [-0.2, 0) is 9.59 Å². The van der Waals surface area contributed by atoms with Gasteiger partial charge in [0.15, 0.2) is 0 Å². The minimum Gasteiger partial charge on any atom is -0.497 e. The van der Waals surface area contributed by atoms with Crippen molar-refractivity contribution in [3.05, 3.63) is 54.2 Å².